The van der Waals surface area contributed by atoms with Crippen molar-refractivity contribution in [3.63, 3.8) is 0 Å². The van der Waals surface area contributed by atoms with Gasteiger partial charge in [0, 0.05) is 18.4 Å². The van der Waals surface area contributed by atoms with Gasteiger partial charge in [-0.15, -0.1) is 0 Å². The van der Waals surface area contributed by atoms with Crippen molar-refractivity contribution in [3.8, 4) is 22.6 Å². The Hall–Kier alpha value is -2.61. The maximum absolute atomic E-state index is 11.7. The van der Waals surface area contributed by atoms with Crippen LogP contribution in [0.4, 0.5) is 0 Å². The summed E-state index contributed by atoms with van der Waals surface area (Å²) in [6.45, 7) is 2.07. The van der Waals surface area contributed by atoms with Gasteiger partial charge >= 0.3 is 5.97 Å². The van der Waals surface area contributed by atoms with Crippen LogP contribution < -0.4 is 10.2 Å². The van der Waals surface area contributed by atoms with Crippen molar-refractivity contribution >= 4 is 5.97 Å². The minimum atomic E-state index is -0.409. The molecule has 5 unspecified atom stereocenters. The number of nitrogens with one attached hydrogen (secondary N) is 1. The van der Waals surface area contributed by atoms with Crippen molar-refractivity contribution in [2.24, 2.45) is 11.8 Å². The van der Waals surface area contributed by atoms with Gasteiger partial charge in [0.05, 0.1) is 18.7 Å². The minimum absolute atomic E-state index is 0.0182. The van der Waals surface area contributed by atoms with Crippen LogP contribution in [0.25, 0.3) is 11.1 Å². The van der Waals surface area contributed by atoms with Gasteiger partial charge in [-0.3, -0.25) is 4.84 Å². The van der Waals surface area contributed by atoms with Crippen LogP contribution in [0.3, 0.4) is 0 Å². The van der Waals surface area contributed by atoms with Crippen molar-refractivity contribution in [2.45, 2.75) is 31.6 Å². The van der Waals surface area contributed by atoms with E-state index in [0.717, 1.165) is 17.5 Å². The minimum Gasteiger partial charge on any atom is -0.504 e. The van der Waals surface area contributed by atoms with Crippen LogP contribution in [0.5, 0.6) is 11.5 Å². The second-order valence-corrected chi connectivity index (χ2v) is 7.65. The number of hydrogen-bond donors (Lipinski definition) is 3. The van der Waals surface area contributed by atoms with Gasteiger partial charge in [0.25, 0.3) is 0 Å². The molecule has 1 saturated carbocycles. The van der Waals surface area contributed by atoms with E-state index in [-0.39, 0.29) is 42.4 Å². The second kappa shape index (κ2) is 8.02. The number of carbonyl (C=O) groups excluding carboxylic acids is 1. The van der Waals surface area contributed by atoms with Crippen LogP contribution in [0.2, 0.25) is 0 Å². The highest BCUT2D eigenvalue weighted by molar-refractivity contribution is 5.91. The van der Waals surface area contributed by atoms with E-state index in [1.54, 1.807) is 30.3 Å². The summed E-state index contributed by atoms with van der Waals surface area (Å²) in [7, 11) is 1.34. The zero-order valence-electron chi connectivity index (χ0n) is 16.4. The second-order valence-electron chi connectivity index (χ2n) is 7.65. The molecule has 1 aliphatic carbocycles. The zero-order chi connectivity index (χ0) is 20.5. The summed E-state index contributed by atoms with van der Waals surface area (Å²) in [4.78, 5) is 17.2. The zero-order valence-corrected chi connectivity index (χ0v) is 16.4. The molecule has 154 valence electrons. The van der Waals surface area contributed by atoms with Crippen LogP contribution in [0.1, 0.15) is 23.7 Å². The molecule has 1 saturated heterocycles. The molecule has 0 radical (unpaired) electrons. The Morgan fingerprint density at radius 3 is 2.69 bits per heavy atom. The van der Waals surface area contributed by atoms with E-state index < -0.39 is 5.97 Å². The number of methoxy groups -OCH3 is 1. The quantitative estimate of drug-likeness (QED) is 0.642. The summed E-state index contributed by atoms with van der Waals surface area (Å²) in [6.07, 6.45) is 0.643. The number of hydroxylamine groups is 1. The van der Waals surface area contributed by atoms with Crippen LogP contribution in [0.15, 0.2) is 42.5 Å². The third-order valence-corrected chi connectivity index (χ3v) is 5.93. The Balaban J connectivity index is 1.49. The fourth-order valence-electron chi connectivity index (χ4n) is 4.25. The largest absolute Gasteiger partial charge is 0.504 e. The van der Waals surface area contributed by atoms with Crippen molar-refractivity contribution in [1.29, 1.82) is 0 Å². The first-order valence-electron chi connectivity index (χ1n) is 9.72. The molecule has 0 amide bonds. The van der Waals surface area contributed by atoms with Crippen molar-refractivity contribution < 1.29 is 29.3 Å². The predicted molar refractivity (Wildman–Crippen MR) is 105 cm³/mol. The first-order chi connectivity index (χ1) is 14.0. The van der Waals surface area contributed by atoms with Gasteiger partial charge in [-0.25, -0.2) is 4.79 Å². The first kappa shape index (κ1) is 19.7. The van der Waals surface area contributed by atoms with Gasteiger partial charge < -0.3 is 19.7 Å². The Labute approximate surface area is 169 Å². The molecule has 0 spiro atoms. The topological polar surface area (TPSA) is 97.3 Å². The number of ether oxygens (including phenoxy) is 2. The van der Waals surface area contributed by atoms with Gasteiger partial charge in [0.1, 0.15) is 12.2 Å². The fourth-order valence-corrected chi connectivity index (χ4v) is 4.25. The molecule has 29 heavy (non-hydrogen) atoms. The molecule has 3 N–H and O–H groups in total. The lowest BCUT2D eigenvalue weighted by molar-refractivity contribution is -0.188. The van der Waals surface area contributed by atoms with Crippen LogP contribution in [-0.4, -0.2) is 48.1 Å². The van der Waals surface area contributed by atoms with Crippen LogP contribution >= 0.6 is 0 Å². The van der Waals surface area contributed by atoms with Crippen LogP contribution in [-0.2, 0) is 9.57 Å². The fraction of sp³-hybridized carbons (Fsp3) is 0.409. The SMILES string of the molecule is COC(=O)c1cccc(-c2ccc(OC(C)C3CC(CO)C4NOC34)c(O)c2)c1. The van der Waals surface area contributed by atoms with Crippen molar-refractivity contribution in [1.82, 2.24) is 5.48 Å². The van der Waals surface area contributed by atoms with E-state index in [1.165, 1.54) is 7.11 Å². The van der Waals surface area contributed by atoms with E-state index in [9.17, 15) is 15.0 Å². The third-order valence-electron chi connectivity index (χ3n) is 5.93. The molecule has 0 bridgehead atoms. The molecule has 2 aromatic rings. The van der Waals surface area contributed by atoms with Gasteiger partial charge in [-0.2, -0.15) is 5.48 Å². The van der Waals surface area contributed by atoms with Crippen molar-refractivity contribution in [3.05, 3.63) is 48.0 Å². The smallest absolute Gasteiger partial charge is 0.337 e. The molecule has 2 fully saturated rings. The lowest BCUT2D eigenvalue weighted by Gasteiger charge is -2.38. The molecule has 7 nitrogen and oxygen atoms in total. The predicted octanol–water partition coefficient (Wildman–Crippen LogP) is 2.51. The number of aromatic hydroxyl groups is 1. The molecule has 1 aliphatic heterocycles. The summed E-state index contributed by atoms with van der Waals surface area (Å²) in [6, 6.07) is 12.4. The lowest BCUT2D eigenvalue weighted by atomic mass is 9.97. The number of aliphatic hydroxyl groups excluding tert-OH is 1. The molecule has 5 atom stereocenters. The number of benzene rings is 2. The highest BCUT2D eigenvalue weighted by Crippen LogP contribution is 2.42. The number of esters is 1. The average Bonchev–Trinajstić information content (AvgIpc) is 2.98. The molecule has 1 heterocycles. The maximum atomic E-state index is 11.7. The number of phenols is 1. The normalized spacial score (nSPS) is 26.3. The average molecular weight is 399 g/mol. The lowest BCUT2D eigenvalue weighted by Crippen LogP contribution is -2.58. The Morgan fingerprint density at radius 1 is 1.28 bits per heavy atom. The number of carbonyl (C=O) groups is 1. The summed E-state index contributed by atoms with van der Waals surface area (Å²) < 4.78 is 10.8. The molecular weight excluding hydrogens is 374 g/mol. The van der Waals surface area contributed by atoms with E-state index in [2.05, 4.69) is 5.48 Å². The Bertz CT molecular complexity index is 899. The molecule has 2 aliphatic rings. The summed E-state index contributed by atoms with van der Waals surface area (Å²) in [5.74, 6) is 0.297. The molecule has 7 heteroatoms. The van der Waals surface area contributed by atoms with Crippen molar-refractivity contribution in [2.75, 3.05) is 13.7 Å². The van der Waals surface area contributed by atoms with E-state index in [0.29, 0.717) is 11.3 Å². The van der Waals surface area contributed by atoms with Crippen LogP contribution in [0, 0.1) is 11.8 Å². The number of aliphatic hydroxyl groups is 1. The van der Waals surface area contributed by atoms with Gasteiger partial charge in [-0.1, -0.05) is 18.2 Å². The first-order valence-corrected chi connectivity index (χ1v) is 9.72. The molecule has 4 rings (SSSR count). The maximum Gasteiger partial charge on any atom is 0.337 e. The highest BCUT2D eigenvalue weighted by atomic mass is 16.7. The number of phenolic OH excluding ortho intramolecular Hbond substituents is 1. The molecule has 2 aromatic carbocycles. The Morgan fingerprint density at radius 2 is 2.07 bits per heavy atom. The summed E-state index contributed by atoms with van der Waals surface area (Å²) in [5, 5.41) is 20.0. The highest BCUT2D eigenvalue weighted by Gasteiger charge is 2.52. The number of fused-ring (bicyclic) bond motifs is 1. The van der Waals surface area contributed by atoms with E-state index in [1.807, 2.05) is 19.1 Å². The summed E-state index contributed by atoms with van der Waals surface area (Å²) >= 11 is 0. The van der Waals surface area contributed by atoms with E-state index in [4.69, 9.17) is 14.3 Å². The molecular formula is C22H25NO6. The third kappa shape index (κ3) is 3.69. The van der Waals surface area contributed by atoms with E-state index >= 15 is 0 Å². The van der Waals surface area contributed by atoms with Gasteiger partial charge in [0.2, 0.25) is 0 Å². The summed E-state index contributed by atoms with van der Waals surface area (Å²) in [5.41, 5.74) is 4.92. The number of hydrogen-bond acceptors (Lipinski definition) is 7. The standard InChI is InChI=1S/C22H25NO6/c1-12(17-9-16(11-24)20-21(17)29-23-20)28-19-7-6-14(10-18(19)25)13-4-3-5-15(8-13)22(26)27-2/h3-8,10,12,16-17,20-21,23-25H,9,11H2,1-2H3. The molecule has 0 aromatic heterocycles. The van der Waals surface area contributed by atoms with Gasteiger partial charge in [0.15, 0.2) is 11.5 Å². The van der Waals surface area contributed by atoms with Gasteiger partial charge in [-0.05, 0) is 48.7 Å². The number of rotatable bonds is 6. The monoisotopic (exact) mass is 399 g/mol. The Kier molecular flexibility index (Phi) is 5.45.